The number of aliphatic hydroxyl groups is 1. The van der Waals surface area contributed by atoms with Crippen molar-refractivity contribution in [3.05, 3.63) is 35.9 Å². The Bertz CT molecular complexity index is 464. The van der Waals surface area contributed by atoms with E-state index >= 15 is 0 Å². The fourth-order valence-corrected chi connectivity index (χ4v) is 2.92. The summed E-state index contributed by atoms with van der Waals surface area (Å²) in [6.07, 6.45) is 0.714. The Morgan fingerprint density at radius 1 is 1.43 bits per heavy atom. The van der Waals surface area contributed by atoms with Crippen LogP contribution in [0.2, 0.25) is 0 Å². The van der Waals surface area contributed by atoms with Crippen molar-refractivity contribution in [1.82, 2.24) is 9.80 Å². The monoisotopic (exact) mass is 291 g/mol. The smallest absolute Gasteiger partial charge is 0.240 e. The number of likely N-dealkylation sites (tertiary alicyclic amines) is 1. The fraction of sp³-hybridized carbons (Fsp3) is 0.562. The summed E-state index contributed by atoms with van der Waals surface area (Å²) in [5.74, 6) is -0.0674. The summed E-state index contributed by atoms with van der Waals surface area (Å²) in [6.45, 7) is 1.14. The number of hydrogen-bond donors (Lipinski definition) is 2. The van der Waals surface area contributed by atoms with Crippen molar-refractivity contribution >= 4 is 5.91 Å². The highest BCUT2D eigenvalue weighted by Gasteiger charge is 2.36. The van der Waals surface area contributed by atoms with E-state index in [2.05, 4.69) is 0 Å². The van der Waals surface area contributed by atoms with Crippen molar-refractivity contribution in [3.63, 3.8) is 0 Å². The predicted molar refractivity (Wildman–Crippen MR) is 82.8 cm³/mol. The number of carbonyl (C=O) groups is 1. The molecule has 3 N–H and O–H groups in total. The highest BCUT2D eigenvalue weighted by atomic mass is 16.3. The van der Waals surface area contributed by atoms with Crippen LogP contribution in [0.3, 0.4) is 0 Å². The maximum Gasteiger partial charge on any atom is 0.240 e. The van der Waals surface area contributed by atoms with Crippen LogP contribution in [-0.4, -0.2) is 66.2 Å². The van der Waals surface area contributed by atoms with Gasteiger partial charge in [-0.1, -0.05) is 30.3 Å². The first-order valence-electron chi connectivity index (χ1n) is 7.40. The Morgan fingerprint density at radius 2 is 2.10 bits per heavy atom. The molecule has 0 radical (unpaired) electrons. The second kappa shape index (κ2) is 7.02. The molecule has 5 nitrogen and oxygen atoms in total. The number of hydrogen-bond acceptors (Lipinski definition) is 4. The van der Waals surface area contributed by atoms with Crippen LogP contribution in [0.15, 0.2) is 30.3 Å². The zero-order valence-electron chi connectivity index (χ0n) is 12.8. The van der Waals surface area contributed by atoms with Gasteiger partial charge >= 0.3 is 0 Å². The molecule has 2 rings (SSSR count). The molecular weight excluding hydrogens is 266 g/mol. The molecule has 1 saturated heterocycles. The van der Waals surface area contributed by atoms with Crippen LogP contribution < -0.4 is 5.73 Å². The molecule has 1 amide bonds. The van der Waals surface area contributed by atoms with E-state index in [0.717, 1.165) is 12.1 Å². The molecule has 3 atom stereocenters. The number of benzene rings is 1. The second-order valence-electron chi connectivity index (χ2n) is 6.09. The molecule has 0 spiro atoms. The molecule has 2 unspecified atom stereocenters. The van der Waals surface area contributed by atoms with Gasteiger partial charge in [-0.3, -0.25) is 4.79 Å². The molecule has 0 aliphatic carbocycles. The van der Waals surface area contributed by atoms with Gasteiger partial charge in [-0.25, -0.2) is 0 Å². The molecule has 1 aliphatic rings. The minimum absolute atomic E-state index is 0.0457. The summed E-state index contributed by atoms with van der Waals surface area (Å²) in [5, 5.41) is 9.85. The molecular formula is C16H25N3O2. The van der Waals surface area contributed by atoms with Crippen molar-refractivity contribution in [3.8, 4) is 0 Å². The van der Waals surface area contributed by atoms with Crippen LogP contribution >= 0.6 is 0 Å². The number of β-amino-alcohol motifs (C(OH)–C–C–N with tert-alkyl or cyclic N) is 1. The Hall–Kier alpha value is -1.43. The van der Waals surface area contributed by atoms with Gasteiger partial charge in [0, 0.05) is 19.1 Å². The third kappa shape index (κ3) is 4.27. The molecule has 0 aromatic heterocycles. The van der Waals surface area contributed by atoms with Gasteiger partial charge in [-0.15, -0.1) is 0 Å². The van der Waals surface area contributed by atoms with Crippen LogP contribution in [0.1, 0.15) is 12.0 Å². The molecule has 5 heteroatoms. The van der Waals surface area contributed by atoms with Crippen molar-refractivity contribution < 1.29 is 9.90 Å². The number of nitrogens with two attached hydrogens (primary N) is 1. The topological polar surface area (TPSA) is 69.8 Å². The number of aliphatic hydroxyl groups excluding tert-OH is 1. The van der Waals surface area contributed by atoms with Gasteiger partial charge < -0.3 is 20.6 Å². The molecule has 21 heavy (non-hydrogen) atoms. The summed E-state index contributed by atoms with van der Waals surface area (Å²) >= 11 is 0. The van der Waals surface area contributed by atoms with Crippen molar-refractivity contribution in [1.29, 1.82) is 0 Å². The van der Waals surface area contributed by atoms with E-state index in [1.807, 2.05) is 49.3 Å². The lowest BCUT2D eigenvalue weighted by Crippen LogP contribution is -2.49. The van der Waals surface area contributed by atoms with Crippen LogP contribution in [0, 0.1) is 0 Å². The Kier molecular flexibility index (Phi) is 5.33. The van der Waals surface area contributed by atoms with Gasteiger partial charge in [0.2, 0.25) is 5.91 Å². The minimum atomic E-state index is -0.553. The van der Waals surface area contributed by atoms with E-state index in [1.54, 1.807) is 4.90 Å². The third-order valence-electron chi connectivity index (χ3n) is 3.87. The average Bonchev–Trinajstić information content (AvgIpc) is 2.79. The molecule has 0 bridgehead atoms. The Morgan fingerprint density at radius 3 is 2.71 bits per heavy atom. The van der Waals surface area contributed by atoms with Gasteiger partial charge in [0.1, 0.15) is 0 Å². The van der Waals surface area contributed by atoms with E-state index in [9.17, 15) is 9.90 Å². The number of likely N-dealkylation sites (N-methyl/N-ethyl adjacent to an activating group) is 1. The van der Waals surface area contributed by atoms with Gasteiger partial charge in [-0.05, 0) is 32.5 Å². The molecule has 1 heterocycles. The highest BCUT2D eigenvalue weighted by Crippen LogP contribution is 2.20. The SMILES string of the molecule is CN(C)CC1CC(O)CN1C(=O)[C@@H](N)Cc1ccccc1. The van der Waals surface area contributed by atoms with Crippen LogP contribution in [-0.2, 0) is 11.2 Å². The van der Waals surface area contributed by atoms with E-state index < -0.39 is 12.1 Å². The summed E-state index contributed by atoms with van der Waals surface area (Å²) in [5.41, 5.74) is 7.14. The van der Waals surface area contributed by atoms with E-state index in [-0.39, 0.29) is 11.9 Å². The van der Waals surface area contributed by atoms with Crippen molar-refractivity contribution in [2.24, 2.45) is 5.73 Å². The Labute approximate surface area is 126 Å². The summed E-state index contributed by atoms with van der Waals surface area (Å²) in [7, 11) is 3.94. The van der Waals surface area contributed by atoms with Crippen molar-refractivity contribution in [2.75, 3.05) is 27.2 Å². The zero-order chi connectivity index (χ0) is 15.4. The van der Waals surface area contributed by atoms with Gasteiger partial charge in [0.15, 0.2) is 0 Å². The average molecular weight is 291 g/mol. The van der Waals surface area contributed by atoms with Gasteiger partial charge in [0.25, 0.3) is 0 Å². The first kappa shape index (κ1) is 15.9. The van der Waals surface area contributed by atoms with E-state index in [1.165, 1.54) is 0 Å². The summed E-state index contributed by atoms with van der Waals surface area (Å²) in [4.78, 5) is 16.3. The molecule has 1 fully saturated rings. The number of amides is 1. The number of carbonyl (C=O) groups excluding carboxylic acids is 1. The minimum Gasteiger partial charge on any atom is -0.391 e. The summed E-state index contributed by atoms with van der Waals surface area (Å²) < 4.78 is 0. The lowest BCUT2D eigenvalue weighted by Gasteiger charge is -2.29. The normalized spacial score (nSPS) is 23.6. The van der Waals surface area contributed by atoms with Crippen molar-refractivity contribution in [2.45, 2.75) is 31.0 Å². The largest absolute Gasteiger partial charge is 0.391 e. The van der Waals surface area contributed by atoms with E-state index in [4.69, 9.17) is 5.73 Å². The van der Waals surface area contributed by atoms with Crippen LogP contribution in [0.5, 0.6) is 0 Å². The molecule has 1 aromatic carbocycles. The predicted octanol–water partition coefficient (Wildman–Crippen LogP) is 0.0798. The molecule has 116 valence electrons. The third-order valence-corrected chi connectivity index (χ3v) is 3.87. The number of rotatable bonds is 5. The lowest BCUT2D eigenvalue weighted by atomic mass is 10.1. The second-order valence-corrected chi connectivity index (χ2v) is 6.09. The maximum atomic E-state index is 12.6. The molecule has 1 aliphatic heterocycles. The van der Waals surface area contributed by atoms with Crippen LogP contribution in [0.4, 0.5) is 0 Å². The fourth-order valence-electron chi connectivity index (χ4n) is 2.92. The zero-order valence-corrected chi connectivity index (χ0v) is 12.8. The molecule has 0 saturated carbocycles. The van der Waals surface area contributed by atoms with Crippen LogP contribution in [0.25, 0.3) is 0 Å². The highest BCUT2D eigenvalue weighted by molar-refractivity contribution is 5.82. The standard InChI is InChI=1S/C16H25N3O2/c1-18(2)10-13-9-14(20)11-19(13)16(21)15(17)8-12-6-4-3-5-7-12/h3-7,13-15,20H,8-11,17H2,1-2H3/t13?,14?,15-/m0/s1. The molecule has 1 aromatic rings. The first-order chi connectivity index (χ1) is 9.97. The maximum absolute atomic E-state index is 12.6. The van der Waals surface area contributed by atoms with Gasteiger partial charge in [-0.2, -0.15) is 0 Å². The summed E-state index contributed by atoms with van der Waals surface area (Å²) in [6, 6.07) is 9.28. The van der Waals surface area contributed by atoms with Gasteiger partial charge in [0.05, 0.1) is 12.1 Å². The Balaban J connectivity index is 2.00. The van der Waals surface area contributed by atoms with E-state index in [0.29, 0.717) is 19.4 Å². The lowest BCUT2D eigenvalue weighted by molar-refractivity contribution is -0.133. The first-order valence-corrected chi connectivity index (χ1v) is 7.40. The number of nitrogens with zero attached hydrogens (tertiary/aromatic N) is 2. The quantitative estimate of drug-likeness (QED) is 0.806.